The molecule has 4 nitrogen and oxygen atoms in total. The van der Waals surface area contributed by atoms with Crippen LogP contribution in [0.25, 0.3) is 0 Å². The smallest absolute Gasteiger partial charge is 0.0839 e. The molecular weight excluding hydrogens is 226 g/mol. The number of aromatic nitrogens is 2. The molecule has 4 heteroatoms. The summed E-state index contributed by atoms with van der Waals surface area (Å²) in [5.74, 6) is 0. The van der Waals surface area contributed by atoms with Crippen LogP contribution in [0, 0.1) is 0 Å². The van der Waals surface area contributed by atoms with Crippen molar-refractivity contribution in [3.63, 3.8) is 0 Å². The fourth-order valence-electron chi connectivity index (χ4n) is 2.44. The Morgan fingerprint density at radius 1 is 1.28 bits per heavy atom. The summed E-state index contributed by atoms with van der Waals surface area (Å²) in [4.78, 5) is 0. The van der Waals surface area contributed by atoms with Gasteiger partial charge in [0.05, 0.1) is 24.9 Å². The summed E-state index contributed by atoms with van der Waals surface area (Å²) in [6.07, 6.45) is 1.97. The molecule has 2 aromatic rings. The van der Waals surface area contributed by atoms with Crippen LogP contribution in [-0.2, 0) is 25.0 Å². The fourth-order valence-corrected chi connectivity index (χ4v) is 2.44. The van der Waals surface area contributed by atoms with Gasteiger partial charge in [0.1, 0.15) is 0 Å². The maximum absolute atomic E-state index is 5.45. The topological polar surface area (TPSA) is 39.1 Å². The summed E-state index contributed by atoms with van der Waals surface area (Å²) in [5.41, 5.74) is 4.87. The third-order valence-electron chi connectivity index (χ3n) is 3.40. The van der Waals surface area contributed by atoms with Gasteiger partial charge in [0.15, 0.2) is 0 Å². The van der Waals surface area contributed by atoms with E-state index in [1.54, 1.807) is 0 Å². The molecule has 0 amide bonds. The van der Waals surface area contributed by atoms with E-state index in [9.17, 15) is 0 Å². The minimum Gasteiger partial charge on any atom is -0.372 e. The number of hydrogen-bond donors (Lipinski definition) is 1. The molecule has 0 aliphatic carbocycles. The summed E-state index contributed by atoms with van der Waals surface area (Å²) < 4.78 is 7.28. The highest BCUT2D eigenvalue weighted by molar-refractivity contribution is 5.37. The molecule has 0 spiro atoms. The second-order valence-corrected chi connectivity index (χ2v) is 4.66. The molecule has 1 aromatic carbocycles. The second kappa shape index (κ2) is 4.55. The van der Waals surface area contributed by atoms with Crippen LogP contribution in [0.2, 0.25) is 0 Å². The average Bonchev–Trinajstić information content (AvgIpc) is 2.99. The quantitative estimate of drug-likeness (QED) is 0.892. The molecule has 1 unspecified atom stereocenters. The molecular formula is C14H17N3O. The standard InChI is InChI=1S/C14H17N3O/c1-15-14(13-5-6-17(2)16-13)10-3-4-11-8-18-9-12(11)7-10/h3-7,14-15H,8-9H2,1-2H3. The monoisotopic (exact) mass is 243 g/mol. The molecule has 1 aromatic heterocycles. The van der Waals surface area contributed by atoms with Crippen LogP contribution >= 0.6 is 0 Å². The molecule has 0 saturated heterocycles. The lowest BCUT2D eigenvalue weighted by molar-refractivity contribution is 0.134. The molecule has 0 radical (unpaired) electrons. The predicted molar refractivity (Wildman–Crippen MR) is 69.0 cm³/mol. The van der Waals surface area contributed by atoms with Gasteiger partial charge in [-0.25, -0.2) is 0 Å². The predicted octanol–water partition coefficient (Wildman–Crippen LogP) is 1.76. The Hall–Kier alpha value is -1.65. The average molecular weight is 243 g/mol. The van der Waals surface area contributed by atoms with Gasteiger partial charge < -0.3 is 10.1 Å². The van der Waals surface area contributed by atoms with Gasteiger partial charge in [0.25, 0.3) is 0 Å². The van der Waals surface area contributed by atoms with Crippen LogP contribution in [0.5, 0.6) is 0 Å². The van der Waals surface area contributed by atoms with E-state index in [-0.39, 0.29) is 6.04 Å². The van der Waals surface area contributed by atoms with Gasteiger partial charge in [-0.1, -0.05) is 18.2 Å². The normalized spacial score (nSPS) is 15.7. The Labute approximate surface area is 107 Å². The number of benzene rings is 1. The van der Waals surface area contributed by atoms with E-state index in [4.69, 9.17) is 4.74 Å². The van der Waals surface area contributed by atoms with E-state index in [1.807, 2.05) is 31.0 Å². The third kappa shape index (κ3) is 1.94. The molecule has 1 atom stereocenters. The van der Waals surface area contributed by atoms with Gasteiger partial charge in [-0.2, -0.15) is 5.10 Å². The van der Waals surface area contributed by atoms with Gasteiger partial charge in [-0.3, -0.25) is 4.68 Å². The van der Waals surface area contributed by atoms with Crippen LogP contribution in [0.3, 0.4) is 0 Å². The van der Waals surface area contributed by atoms with Crippen molar-refractivity contribution in [2.45, 2.75) is 19.3 Å². The molecule has 0 fully saturated rings. The van der Waals surface area contributed by atoms with Gasteiger partial charge >= 0.3 is 0 Å². The number of ether oxygens (including phenoxy) is 1. The Kier molecular flexibility index (Phi) is 2.89. The van der Waals surface area contributed by atoms with E-state index in [0.29, 0.717) is 0 Å². The highest BCUT2D eigenvalue weighted by Crippen LogP contribution is 2.26. The molecule has 2 heterocycles. The van der Waals surface area contributed by atoms with Crippen molar-refractivity contribution in [3.8, 4) is 0 Å². The third-order valence-corrected chi connectivity index (χ3v) is 3.40. The zero-order valence-corrected chi connectivity index (χ0v) is 10.7. The summed E-state index contributed by atoms with van der Waals surface area (Å²) in [6.45, 7) is 1.46. The highest BCUT2D eigenvalue weighted by atomic mass is 16.5. The van der Waals surface area contributed by atoms with Crippen molar-refractivity contribution in [2.75, 3.05) is 7.05 Å². The Balaban J connectivity index is 1.96. The molecule has 18 heavy (non-hydrogen) atoms. The molecule has 1 aliphatic heterocycles. The number of fused-ring (bicyclic) bond motifs is 1. The molecule has 0 bridgehead atoms. The number of nitrogens with zero attached hydrogens (tertiary/aromatic N) is 2. The van der Waals surface area contributed by atoms with Crippen LogP contribution < -0.4 is 5.32 Å². The van der Waals surface area contributed by atoms with Gasteiger partial charge in [-0.05, 0) is 29.8 Å². The second-order valence-electron chi connectivity index (χ2n) is 4.66. The number of nitrogens with one attached hydrogen (secondary N) is 1. The van der Waals surface area contributed by atoms with E-state index < -0.39 is 0 Å². The fraction of sp³-hybridized carbons (Fsp3) is 0.357. The van der Waals surface area contributed by atoms with Crippen molar-refractivity contribution >= 4 is 0 Å². The zero-order chi connectivity index (χ0) is 12.5. The summed E-state index contributed by atoms with van der Waals surface area (Å²) in [5, 5.41) is 7.80. The summed E-state index contributed by atoms with van der Waals surface area (Å²) in [7, 11) is 3.90. The van der Waals surface area contributed by atoms with E-state index in [0.717, 1.165) is 18.9 Å². The van der Waals surface area contributed by atoms with Crippen LogP contribution in [0.1, 0.15) is 28.4 Å². The first-order chi connectivity index (χ1) is 8.78. The Bertz CT molecular complexity index is 562. The molecule has 0 saturated carbocycles. The Morgan fingerprint density at radius 2 is 2.11 bits per heavy atom. The van der Waals surface area contributed by atoms with Gasteiger partial charge in [0.2, 0.25) is 0 Å². The van der Waals surface area contributed by atoms with Crippen LogP contribution in [0.15, 0.2) is 30.5 Å². The van der Waals surface area contributed by atoms with E-state index in [1.165, 1.54) is 16.7 Å². The van der Waals surface area contributed by atoms with Crippen molar-refractivity contribution < 1.29 is 4.74 Å². The zero-order valence-electron chi connectivity index (χ0n) is 10.7. The lowest BCUT2D eigenvalue weighted by atomic mass is 9.99. The molecule has 3 rings (SSSR count). The highest BCUT2D eigenvalue weighted by Gasteiger charge is 2.18. The molecule has 1 N–H and O–H groups in total. The number of rotatable bonds is 3. The minimum atomic E-state index is 0.136. The van der Waals surface area contributed by atoms with Crippen molar-refractivity contribution in [2.24, 2.45) is 7.05 Å². The van der Waals surface area contributed by atoms with Crippen LogP contribution in [0.4, 0.5) is 0 Å². The summed E-state index contributed by atoms with van der Waals surface area (Å²) in [6, 6.07) is 8.72. The van der Waals surface area contributed by atoms with Crippen molar-refractivity contribution in [1.29, 1.82) is 0 Å². The minimum absolute atomic E-state index is 0.136. The summed E-state index contributed by atoms with van der Waals surface area (Å²) >= 11 is 0. The maximum Gasteiger partial charge on any atom is 0.0839 e. The maximum atomic E-state index is 5.45. The first kappa shape index (κ1) is 11.4. The SMILES string of the molecule is CNC(c1ccc2c(c1)COC2)c1ccn(C)n1. The van der Waals surface area contributed by atoms with Crippen molar-refractivity contribution in [3.05, 3.63) is 52.8 Å². The first-order valence-electron chi connectivity index (χ1n) is 6.14. The van der Waals surface area contributed by atoms with Crippen LogP contribution in [-0.4, -0.2) is 16.8 Å². The van der Waals surface area contributed by atoms with E-state index in [2.05, 4.69) is 28.6 Å². The first-order valence-corrected chi connectivity index (χ1v) is 6.14. The molecule has 94 valence electrons. The number of aryl methyl sites for hydroxylation is 1. The van der Waals surface area contributed by atoms with E-state index >= 15 is 0 Å². The van der Waals surface area contributed by atoms with Gasteiger partial charge in [-0.15, -0.1) is 0 Å². The molecule has 1 aliphatic rings. The largest absolute Gasteiger partial charge is 0.372 e. The number of hydrogen-bond acceptors (Lipinski definition) is 3. The van der Waals surface area contributed by atoms with Gasteiger partial charge in [0, 0.05) is 13.2 Å². The van der Waals surface area contributed by atoms with Crippen molar-refractivity contribution in [1.82, 2.24) is 15.1 Å². The Morgan fingerprint density at radius 3 is 2.83 bits per heavy atom. The lowest BCUT2D eigenvalue weighted by Crippen LogP contribution is -2.18. The lowest BCUT2D eigenvalue weighted by Gasteiger charge is -2.15.